The van der Waals surface area contributed by atoms with Gasteiger partial charge in [0, 0.05) is 48.9 Å². The summed E-state index contributed by atoms with van der Waals surface area (Å²) in [7, 11) is 0. The van der Waals surface area contributed by atoms with Crippen molar-refractivity contribution >= 4 is 92.3 Å². The lowest BCUT2D eigenvalue weighted by Gasteiger charge is -2.26. The van der Waals surface area contributed by atoms with Gasteiger partial charge < -0.3 is 9.32 Å². The van der Waals surface area contributed by atoms with Gasteiger partial charge in [0.25, 0.3) is 0 Å². The molecule has 0 radical (unpaired) electrons. The number of rotatable bonds is 6. The Kier molecular flexibility index (Phi) is 7.40. The molecule has 0 aliphatic carbocycles. The maximum absolute atomic E-state index is 6.63. The van der Waals surface area contributed by atoms with Gasteiger partial charge in [0.15, 0.2) is 0 Å². The van der Waals surface area contributed by atoms with Gasteiger partial charge in [-0.25, -0.2) is 0 Å². The number of benzene rings is 9. The summed E-state index contributed by atoms with van der Waals surface area (Å²) in [5, 5.41) is 8.51. The molecule has 0 amide bonds. The average molecular weight is 759 g/mol. The van der Waals surface area contributed by atoms with Crippen LogP contribution in [-0.2, 0) is 0 Å². The van der Waals surface area contributed by atoms with E-state index in [1.54, 1.807) is 0 Å². The third-order valence-electron chi connectivity index (χ3n) is 11.6. The molecule has 9 aromatic carbocycles. The van der Waals surface area contributed by atoms with E-state index in [1.807, 2.05) is 17.4 Å². The van der Waals surface area contributed by atoms with Crippen LogP contribution in [0.4, 0.5) is 17.1 Å². The fourth-order valence-electron chi connectivity index (χ4n) is 8.89. The van der Waals surface area contributed by atoms with Crippen molar-refractivity contribution in [1.82, 2.24) is 4.57 Å². The first-order valence-electron chi connectivity index (χ1n) is 19.7. The van der Waals surface area contributed by atoms with E-state index in [9.17, 15) is 0 Å². The lowest BCUT2D eigenvalue weighted by atomic mass is 10.00. The van der Waals surface area contributed by atoms with Crippen molar-refractivity contribution in [2.24, 2.45) is 0 Å². The van der Waals surface area contributed by atoms with Crippen LogP contribution in [0.25, 0.3) is 91.9 Å². The Morgan fingerprint density at radius 2 is 1.09 bits per heavy atom. The van der Waals surface area contributed by atoms with Gasteiger partial charge in [-0.2, -0.15) is 0 Å². The standard InChI is InChI=1S/C54H34N2OS/c1-2-14-40(15-3-1)56-52-43(18-10-20-47(52)51-46-17-6-8-22-49(46)57-54(51)56)37-28-32-42(33-29-37)55(48-21-11-19-45-44-16-7-9-23-50(44)58-53(45)48)41-30-26-36(27-31-41)39-25-24-35-12-4-5-13-38(35)34-39/h1-34H. The van der Waals surface area contributed by atoms with Crippen molar-refractivity contribution in [1.29, 1.82) is 0 Å². The first-order valence-corrected chi connectivity index (χ1v) is 20.5. The van der Waals surface area contributed by atoms with E-state index in [2.05, 4.69) is 210 Å². The second-order valence-electron chi connectivity index (χ2n) is 14.9. The number of furan rings is 1. The minimum Gasteiger partial charge on any atom is -0.439 e. The molecule has 0 spiro atoms. The second kappa shape index (κ2) is 13.1. The summed E-state index contributed by atoms with van der Waals surface area (Å²) < 4.78 is 11.5. The van der Waals surface area contributed by atoms with Crippen LogP contribution in [0.3, 0.4) is 0 Å². The summed E-state index contributed by atoms with van der Waals surface area (Å²) >= 11 is 1.86. The maximum Gasteiger partial charge on any atom is 0.213 e. The molecule has 58 heavy (non-hydrogen) atoms. The van der Waals surface area contributed by atoms with Crippen molar-refractivity contribution in [3.05, 3.63) is 206 Å². The van der Waals surface area contributed by atoms with Crippen LogP contribution in [0.15, 0.2) is 211 Å². The molecule has 0 N–H and O–H groups in total. The Balaban J connectivity index is 1.02. The first-order chi connectivity index (χ1) is 28.8. The van der Waals surface area contributed by atoms with E-state index in [1.165, 1.54) is 47.5 Å². The minimum atomic E-state index is 0.862. The fraction of sp³-hybridized carbons (Fsp3) is 0. The van der Waals surface area contributed by atoms with E-state index in [0.717, 1.165) is 61.5 Å². The van der Waals surface area contributed by atoms with Gasteiger partial charge in [-0.3, -0.25) is 4.57 Å². The maximum atomic E-state index is 6.63. The molecule has 0 fully saturated rings. The number of fused-ring (bicyclic) bond motifs is 9. The lowest BCUT2D eigenvalue weighted by molar-refractivity contribution is 0.645. The van der Waals surface area contributed by atoms with Crippen LogP contribution in [-0.4, -0.2) is 4.57 Å². The number of hydrogen-bond acceptors (Lipinski definition) is 3. The van der Waals surface area contributed by atoms with Gasteiger partial charge in [0.1, 0.15) is 5.58 Å². The minimum absolute atomic E-state index is 0.862. The molecule has 12 rings (SSSR count). The highest BCUT2D eigenvalue weighted by molar-refractivity contribution is 7.26. The quantitative estimate of drug-likeness (QED) is 0.168. The molecule has 0 saturated carbocycles. The Bertz CT molecular complexity index is 3500. The molecule has 3 heterocycles. The second-order valence-corrected chi connectivity index (χ2v) is 15.9. The number of hydrogen-bond donors (Lipinski definition) is 0. The van der Waals surface area contributed by atoms with E-state index >= 15 is 0 Å². The van der Waals surface area contributed by atoms with Crippen molar-refractivity contribution in [3.8, 4) is 27.9 Å². The summed E-state index contributed by atoms with van der Waals surface area (Å²) in [5.41, 5.74) is 12.0. The van der Waals surface area contributed by atoms with Crippen molar-refractivity contribution in [2.45, 2.75) is 0 Å². The van der Waals surface area contributed by atoms with Gasteiger partial charge in [0.05, 0.1) is 21.3 Å². The average Bonchev–Trinajstić information content (AvgIpc) is 3.96. The zero-order chi connectivity index (χ0) is 38.2. The number of aromatic nitrogens is 1. The zero-order valence-electron chi connectivity index (χ0n) is 31.3. The Morgan fingerprint density at radius 3 is 1.91 bits per heavy atom. The summed E-state index contributed by atoms with van der Waals surface area (Å²) in [4.78, 5) is 2.41. The molecular formula is C54H34N2OS. The summed E-state index contributed by atoms with van der Waals surface area (Å²) in [5.74, 6) is 0. The third-order valence-corrected chi connectivity index (χ3v) is 12.8. The van der Waals surface area contributed by atoms with Crippen LogP contribution in [0.2, 0.25) is 0 Å². The first kappa shape index (κ1) is 32.8. The van der Waals surface area contributed by atoms with Crippen molar-refractivity contribution in [3.63, 3.8) is 0 Å². The molecule has 4 heteroatoms. The van der Waals surface area contributed by atoms with Gasteiger partial charge in [0.2, 0.25) is 5.71 Å². The van der Waals surface area contributed by atoms with Gasteiger partial charge in [-0.15, -0.1) is 11.3 Å². The summed E-state index contributed by atoms with van der Waals surface area (Å²) in [6.45, 7) is 0. The lowest BCUT2D eigenvalue weighted by Crippen LogP contribution is -2.10. The van der Waals surface area contributed by atoms with Crippen LogP contribution >= 0.6 is 11.3 Å². The fourth-order valence-corrected chi connectivity index (χ4v) is 10.1. The van der Waals surface area contributed by atoms with E-state index in [0.29, 0.717) is 0 Å². The van der Waals surface area contributed by atoms with Gasteiger partial charge in [-0.1, -0.05) is 146 Å². The van der Waals surface area contributed by atoms with E-state index in [4.69, 9.17) is 4.42 Å². The molecule has 3 aromatic heterocycles. The number of para-hydroxylation sites is 3. The SMILES string of the molecule is c1ccc(-n2c3oc4ccccc4c3c3cccc(-c4ccc(N(c5ccc(-c6ccc7ccccc7c6)cc5)c5cccc6c5sc5ccccc56)cc4)c32)cc1. The molecule has 0 atom stereocenters. The largest absolute Gasteiger partial charge is 0.439 e. The Labute approximate surface area is 338 Å². The molecular weight excluding hydrogens is 725 g/mol. The van der Waals surface area contributed by atoms with Crippen LogP contribution in [0.1, 0.15) is 0 Å². The van der Waals surface area contributed by atoms with Crippen LogP contribution in [0.5, 0.6) is 0 Å². The molecule has 12 aromatic rings. The molecule has 0 bridgehead atoms. The summed E-state index contributed by atoms with van der Waals surface area (Å²) in [6, 6.07) is 74.4. The molecule has 0 saturated heterocycles. The normalized spacial score (nSPS) is 11.8. The third kappa shape index (κ3) is 5.12. The predicted octanol–water partition coefficient (Wildman–Crippen LogP) is 15.9. The summed E-state index contributed by atoms with van der Waals surface area (Å²) in [6.07, 6.45) is 0. The highest BCUT2D eigenvalue weighted by Gasteiger charge is 2.23. The number of thiophene rings is 1. The topological polar surface area (TPSA) is 21.3 Å². The van der Waals surface area contributed by atoms with E-state index in [-0.39, 0.29) is 0 Å². The van der Waals surface area contributed by atoms with Gasteiger partial charge >= 0.3 is 0 Å². The Morgan fingerprint density at radius 1 is 0.448 bits per heavy atom. The monoisotopic (exact) mass is 758 g/mol. The van der Waals surface area contributed by atoms with Crippen molar-refractivity contribution < 1.29 is 4.42 Å². The zero-order valence-corrected chi connectivity index (χ0v) is 32.2. The molecule has 0 aliphatic rings. The van der Waals surface area contributed by atoms with Crippen molar-refractivity contribution in [2.75, 3.05) is 4.90 Å². The molecule has 0 aliphatic heterocycles. The molecule has 3 nitrogen and oxygen atoms in total. The van der Waals surface area contributed by atoms with E-state index < -0.39 is 0 Å². The smallest absolute Gasteiger partial charge is 0.213 e. The Hall–Kier alpha value is -7.40. The number of anilines is 3. The number of nitrogens with zero attached hydrogens (tertiary/aromatic N) is 2. The van der Waals surface area contributed by atoms with Crippen LogP contribution < -0.4 is 4.90 Å². The van der Waals surface area contributed by atoms with Crippen LogP contribution in [0, 0.1) is 0 Å². The molecule has 272 valence electrons. The van der Waals surface area contributed by atoms with Gasteiger partial charge in [-0.05, 0) is 88.1 Å². The molecule has 0 unspecified atom stereocenters. The predicted molar refractivity (Wildman–Crippen MR) is 247 cm³/mol. The highest BCUT2D eigenvalue weighted by atomic mass is 32.1. The highest BCUT2D eigenvalue weighted by Crippen LogP contribution is 2.47.